The van der Waals surface area contributed by atoms with Crippen molar-refractivity contribution in [2.75, 3.05) is 13.2 Å². The van der Waals surface area contributed by atoms with Crippen LogP contribution in [0.5, 0.6) is 11.5 Å². The first-order chi connectivity index (χ1) is 10.1. The molecule has 0 radical (unpaired) electrons. The van der Waals surface area contributed by atoms with Crippen LogP contribution in [0.2, 0.25) is 0 Å². The molecule has 0 atom stereocenters. The molecule has 1 aliphatic carbocycles. The van der Waals surface area contributed by atoms with E-state index in [9.17, 15) is 14.7 Å². The van der Waals surface area contributed by atoms with Gasteiger partial charge in [0, 0.05) is 5.56 Å². The fourth-order valence-electron chi connectivity index (χ4n) is 2.84. The zero-order valence-corrected chi connectivity index (χ0v) is 11.6. The van der Waals surface area contributed by atoms with Crippen LogP contribution in [0, 0.1) is 0 Å². The zero-order valence-electron chi connectivity index (χ0n) is 11.6. The topological polar surface area (TPSA) is 84.9 Å². The average Bonchev–Trinajstić information content (AvgIpc) is 2.96. The van der Waals surface area contributed by atoms with Gasteiger partial charge in [-0.3, -0.25) is 4.79 Å². The number of carboxylic acids is 1. The molecule has 0 aromatic heterocycles. The molecular formula is C15H17NO5. The molecule has 0 bridgehead atoms. The van der Waals surface area contributed by atoms with Crippen LogP contribution < -0.4 is 14.8 Å². The van der Waals surface area contributed by atoms with Gasteiger partial charge < -0.3 is 19.9 Å². The van der Waals surface area contributed by atoms with E-state index in [-0.39, 0.29) is 0 Å². The number of carboxylic acid groups (broad SMARTS) is 1. The minimum absolute atomic E-state index is 0.381. The van der Waals surface area contributed by atoms with Crippen LogP contribution in [0.3, 0.4) is 0 Å². The molecule has 6 heteroatoms. The Hall–Kier alpha value is -2.24. The summed E-state index contributed by atoms with van der Waals surface area (Å²) in [7, 11) is 0. The van der Waals surface area contributed by atoms with Crippen molar-refractivity contribution in [2.24, 2.45) is 0 Å². The predicted molar refractivity (Wildman–Crippen MR) is 73.7 cm³/mol. The highest BCUT2D eigenvalue weighted by Crippen LogP contribution is 2.33. The summed E-state index contributed by atoms with van der Waals surface area (Å²) in [5.41, 5.74) is -0.753. The molecule has 21 heavy (non-hydrogen) atoms. The van der Waals surface area contributed by atoms with Crippen LogP contribution in [0.15, 0.2) is 18.2 Å². The maximum absolute atomic E-state index is 12.3. The SMILES string of the molecule is O=C(NC1(C(=O)O)CCCC1)c1ccc2c(c1)OCCO2. The van der Waals surface area contributed by atoms with E-state index < -0.39 is 17.4 Å². The Labute approximate surface area is 122 Å². The van der Waals surface area contributed by atoms with E-state index in [2.05, 4.69) is 5.32 Å². The number of fused-ring (bicyclic) bond motifs is 1. The van der Waals surface area contributed by atoms with E-state index in [1.807, 2.05) is 0 Å². The zero-order chi connectivity index (χ0) is 14.9. The van der Waals surface area contributed by atoms with Gasteiger partial charge in [0.05, 0.1) is 0 Å². The molecule has 1 saturated carbocycles. The summed E-state index contributed by atoms with van der Waals surface area (Å²) < 4.78 is 10.8. The van der Waals surface area contributed by atoms with Gasteiger partial charge in [-0.05, 0) is 31.0 Å². The normalized spacial score (nSPS) is 19.0. The number of nitrogens with one attached hydrogen (secondary N) is 1. The molecule has 0 spiro atoms. The lowest BCUT2D eigenvalue weighted by Crippen LogP contribution is -2.52. The Balaban J connectivity index is 1.80. The van der Waals surface area contributed by atoms with E-state index in [0.717, 1.165) is 12.8 Å². The van der Waals surface area contributed by atoms with Gasteiger partial charge in [-0.1, -0.05) is 12.8 Å². The number of carbonyl (C=O) groups is 2. The number of benzene rings is 1. The molecule has 1 amide bonds. The van der Waals surface area contributed by atoms with Gasteiger partial charge in [0.1, 0.15) is 18.8 Å². The van der Waals surface area contributed by atoms with E-state index in [1.54, 1.807) is 18.2 Å². The summed E-state index contributed by atoms with van der Waals surface area (Å²) in [6.07, 6.45) is 2.57. The largest absolute Gasteiger partial charge is 0.486 e. The van der Waals surface area contributed by atoms with Crippen molar-refractivity contribution in [1.82, 2.24) is 5.32 Å². The molecule has 6 nitrogen and oxygen atoms in total. The van der Waals surface area contributed by atoms with Crippen LogP contribution in [0.1, 0.15) is 36.0 Å². The highest BCUT2D eigenvalue weighted by molar-refractivity contribution is 5.98. The molecule has 112 valence electrons. The second-order valence-electron chi connectivity index (χ2n) is 5.41. The lowest BCUT2D eigenvalue weighted by molar-refractivity contribution is -0.144. The lowest BCUT2D eigenvalue weighted by Gasteiger charge is -2.25. The van der Waals surface area contributed by atoms with Crippen LogP contribution in [0.25, 0.3) is 0 Å². The lowest BCUT2D eigenvalue weighted by atomic mass is 9.97. The van der Waals surface area contributed by atoms with Gasteiger partial charge >= 0.3 is 5.97 Å². The Morgan fingerprint density at radius 2 is 1.76 bits per heavy atom. The first-order valence-electron chi connectivity index (χ1n) is 7.06. The van der Waals surface area contributed by atoms with Crippen LogP contribution in [-0.4, -0.2) is 35.7 Å². The summed E-state index contributed by atoms with van der Waals surface area (Å²) in [5, 5.41) is 12.1. The van der Waals surface area contributed by atoms with Crippen molar-refractivity contribution in [2.45, 2.75) is 31.2 Å². The molecule has 2 N–H and O–H groups in total. The average molecular weight is 291 g/mol. The van der Waals surface area contributed by atoms with E-state index >= 15 is 0 Å². The minimum Gasteiger partial charge on any atom is -0.486 e. The molecule has 1 aromatic carbocycles. The molecule has 1 aliphatic heterocycles. The number of aliphatic carboxylic acids is 1. The molecule has 0 saturated heterocycles. The fraction of sp³-hybridized carbons (Fsp3) is 0.467. The summed E-state index contributed by atoms with van der Waals surface area (Å²) >= 11 is 0. The van der Waals surface area contributed by atoms with E-state index in [1.165, 1.54) is 0 Å². The Kier molecular flexibility index (Phi) is 3.45. The van der Waals surface area contributed by atoms with Gasteiger partial charge in [-0.2, -0.15) is 0 Å². The van der Waals surface area contributed by atoms with Crippen molar-refractivity contribution in [3.8, 4) is 11.5 Å². The predicted octanol–water partition coefficient (Wildman–Crippen LogP) is 1.58. The number of hydrogen-bond donors (Lipinski definition) is 2. The quantitative estimate of drug-likeness (QED) is 0.883. The van der Waals surface area contributed by atoms with Crippen LogP contribution in [-0.2, 0) is 4.79 Å². The Bertz CT molecular complexity index is 577. The fourth-order valence-corrected chi connectivity index (χ4v) is 2.84. The highest BCUT2D eigenvalue weighted by atomic mass is 16.6. The smallest absolute Gasteiger partial charge is 0.329 e. The number of hydrogen-bond acceptors (Lipinski definition) is 4. The molecule has 1 heterocycles. The Morgan fingerprint density at radius 1 is 1.10 bits per heavy atom. The van der Waals surface area contributed by atoms with E-state index in [4.69, 9.17) is 9.47 Å². The molecule has 0 unspecified atom stereocenters. The van der Waals surface area contributed by atoms with Gasteiger partial charge in [0.2, 0.25) is 0 Å². The third-order valence-electron chi connectivity index (χ3n) is 4.02. The second kappa shape index (κ2) is 5.27. The third-order valence-corrected chi connectivity index (χ3v) is 4.02. The van der Waals surface area contributed by atoms with Crippen LogP contribution in [0.4, 0.5) is 0 Å². The van der Waals surface area contributed by atoms with Crippen molar-refractivity contribution in [3.05, 3.63) is 23.8 Å². The van der Waals surface area contributed by atoms with Crippen molar-refractivity contribution >= 4 is 11.9 Å². The first-order valence-corrected chi connectivity index (χ1v) is 7.06. The van der Waals surface area contributed by atoms with Crippen LogP contribution >= 0.6 is 0 Å². The first kappa shape index (κ1) is 13.7. The summed E-state index contributed by atoms with van der Waals surface area (Å²) in [6.45, 7) is 0.928. The summed E-state index contributed by atoms with van der Waals surface area (Å²) in [5.74, 6) is -0.238. The maximum atomic E-state index is 12.3. The molecule has 1 fully saturated rings. The summed E-state index contributed by atoms with van der Waals surface area (Å²) in [6, 6.07) is 4.88. The number of ether oxygens (including phenoxy) is 2. The van der Waals surface area contributed by atoms with Gasteiger partial charge in [0.25, 0.3) is 5.91 Å². The van der Waals surface area contributed by atoms with Crippen molar-refractivity contribution < 1.29 is 24.2 Å². The molecular weight excluding hydrogens is 274 g/mol. The Morgan fingerprint density at radius 3 is 2.43 bits per heavy atom. The molecule has 3 rings (SSSR count). The van der Waals surface area contributed by atoms with Gasteiger partial charge in [-0.25, -0.2) is 4.79 Å². The second-order valence-corrected chi connectivity index (χ2v) is 5.41. The monoisotopic (exact) mass is 291 g/mol. The van der Waals surface area contributed by atoms with Crippen molar-refractivity contribution in [1.29, 1.82) is 0 Å². The number of amides is 1. The molecule has 2 aliphatic rings. The molecule has 1 aromatic rings. The summed E-state index contributed by atoms with van der Waals surface area (Å²) in [4.78, 5) is 23.8. The van der Waals surface area contributed by atoms with Gasteiger partial charge in [-0.15, -0.1) is 0 Å². The number of carbonyl (C=O) groups excluding carboxylic acids is 1. The number of rotatable bonds is 3. The maximum Gasteiger partial charge on any atom is 0.329 e. The third kappa shape index (κ3) is 2.53. The standard InChI is InChI=1S/C15H17NO5/c17-13(16-15(14(18)19)5-1-2-6-15)10-3-4-11-12(9-10)21-8-7-20-11/h3-4,9H,1-2,5-8H2,(H,16,17)(H,18,19). The highest BCUT2D eigenvalue weighted by Gasteiger charge is 2.42. The minimum atomic E-state index is -1.13. The van der Waals surface area contributed by atoms with E-state index in [0.29, 0.717) is 43.1 Å². The van der Waals surface area contributed by atoms with Crippen molar-refractivity contribution in [3.63, 3.8) is 0 Å². The van der Waals surface area contributed by atoms with Gasteiger partial charge in [0.15, 0.2) is 11.5 Å².